The molecule has 0 radical (unpaired) electrons. The molecular weight excluding hydrogens is 416 g/mol. The molecule has 156 valence electrons. The van der Waals surface area contributed by atoms with Gasteiger partial charge in [0.15, 0.2) is 0 Å². The number of pyridine rings is 1. The zero-order chi connectivity index (χ0) is 21.8. The number of phenolic OH excluding ortho intramolecular Hbond substituents is 1. The molecule has 2 aromatic heterocycles. The number of halogens is 1. The van der Waals surface area contributed by atoms with Crippen LogP contribution in [-0.2, 0) is 4.74 Å². The van der Waals surface area contributed by atoms with Crippen molar-refractivity contribution >= 4 is 34.4 Å². The number of rotatable bonds is 6. The number of ether oxygens (including phenoxy) is 1. The summed E-state index contributed by atoms with van der Waals surface area (Å²) in [6.45, 7) is 2.05. The van der Waals surface area contributed by atoms with E-state index in [9.17, 15) is 9.90 Å². The van der Waals surface area contributed by atoms with E-state index in [2.05, 4.69) is 20.3 Å². The van der Waals surface area contributed by atoms with E-state index in [1.54, 1.807) is 74.0 Å². The summed E-state index contributed by atoms with van der Waals surface area (Å²) in [5.41, 5.74) is 2.10. The van der Waals surface area contributed by atoms with Gasteiger partial charge in [-0.05, 0) is 48.9 Å². The molecule has 0 amide bonds. The van der Waals surface area contributed by atoms with Crippen molar-refractivity contribution in [3.8, 4) is 5.75 Å². The van der Waals surface area contributed by atoms with Gasteiger partial charge >= 0.3 is 5.97 Å². The number of hydrogen-bond donors (Lipinski definition) is 2. The first-order valence-electron chi connectivity index (χ1n) is 9.65. The molecule has 0 saturated carbocycles. The summed E-state index contributed by atoms with van der Waals surface area (Å²) >= 11 is 6.50. The lowest BCUT2D eigenvalue weighted by Crippen LogP contribution is -2.15. The fourth-order valence-corrected chi connectivity index (χ4v) is 3.57. The first-order chi connectivity index (χ1) is 15.1. The minimum absolute atomic E-state index is 0.00269. The number of aromatic hydroxyl groups is 1. The Morgan fingerprint density at radius 1 is 1.10 bits per heavy atom. The maximum atomic E-state index is 12.0. The van der Waals surface area contributed by atoms with Crippen LogP contribution >= 0.6 is 11.6 Å². The standard InChI is InChI=1S/C23H19ClN4O3/c1-2-31-22(30)15-8-6-14(7-9-15)19(28-23-26-11-4-12-27-23)17-13-18(24)16-5-3-10-25-20(16)21(17)29/h3-13,19,29H,2H2,1H3,(H,26,27,28). The molecule has 0 saturated heterocycles. The summed E-state index contributed by atoms with van der Waals surface area (Å²) in [4.78, 5) is 24.8. The Hall–Kier alpha value is -3.71. The second-order valence-electron chi connectivity index (χ2n) is 6.69. The molecule has 2 aromatic carbocycles. The van der Waals surface area contributed by atoms with Crippen LogP contribution in [0.2, 0.25) is 5.02 Å². The molecule has 0 aliphatic carbocycles. The average molecular weight is 435 g/mol. The van der Waals surface area contributed by atoms with Crippen molar-refractivity contribution in [2.75, 3.05) is 11.9 Å². The number of hydrogen-bond acceptors (Lipinski definition) is 7. The minimum atomic E-state index is -0.553. The van der Waals surface area contributed by atoms with Gasteiger partial charge in [0.1, 0.15) is 11.3 Å². The summed E-state index contributed by atoms with van der Waals surface area (Å²) in [6, 6.07) is 13.3. The molecule has 0 aliphatic rings. The Kier molecular flexibility index (Phi) is 5.95. The van der Waals surface area contributed by atoms with Crippen molar-refractivity contribution in [2.24, 2.45) is 0 Å². The Bertz CT molecular complexity index is 1220. The van der Waals surface area contributed by atoms with Gasteiger partial charge in [0.05, 0.1) is 23.2 Å². The third-order valence-corrected chi connectivity index (χ3v) is 5.06. The topological polar surface area (TPSA) is 97.2 Å². The second kappa shape index (κ2) is 8.97. The van der Waals surface area contributed by atoms with Crippen LogP contribution in [0.15, 0.2) is 67.1 Å². The minimum Gasteiger partial charge on any atom is -0.505 e. The van der Waals surface area contributed by atoms with Crippen molar-refractivity contribution in [1.82, 2.24) is 15.0 Å². The zero-order valence-electron chi connectivity index (χ0n) is 16.6. The van der Waals surface area contributed by atoms with Gasteiger partial charge in [-0.2, -0.15) is 0 Å². The van der Waals surface area contributed by atoms with Gasteiger partial charge in [-0.1, -0.05) is 23.7 Å². The van der Waals surface area contributed by atoms with Crippen LogP contribution in [-0.4, -0.2) is 32.6 Å². The molecule has 7 nitrogen and oxygen atoms in total. The highest BCUT2D eigenvalue weighted by atomic mass is 35.5. The molecule has 0 bridgehead atoms. The molecule has 0 fully saturated rings. The lowest BCUT2D eigenvalue weighted by molar-refractivity contribution is 0.0526. The number of anilines is 1. The number of esters is 1. The quantitative estimate of drug-likeness (QED) is 0.422. The van der Waals surface area contributed by atoms with Gasteiger partial charge in [-0.25, -0.2) is 14.8 Å². The SMILES string of the molecule is CCOC(=O)c1ccc(C(Nc2ncccn2)c2cc(Cl)c3cccnc3c2O)cc1. The summed E-state index contributed by atoms with van der Waals surface area (Å²) in [6.07, 6.45) is 4.83. The predicted octanol–water partition coefficient (Wildman–Crippen LogP) is 4.76. The molecule has 0 spiro atoms. The predicted molar refractivity (Wildman–Crippen MR) is 118 cm³/mol. The monoisotopic (exact) mass is 434 g/mol. The van der Waals surface area contributed by atoms with E-state index in [1.807, 2.05) is 0 Å². The highest BCUT2D eigenvalue weighted by molar-refractivity contribution is 6.35. The zero-order valence-corrected chi connectivity index (χ0v) is 17.4. The molecule has 1 unspecified atom stereocenters. The number of benzene rings is 2. The van der Waals surface area contributed by atoms with Gasteiger partial charge in [0.25, 0.3) is 0 Å². The van der Waals surface area contributed by atoms with Gasteiger partial charge in [-0.15, -0.1) is 0 Å². The van der Waals surface area contributed by atoms with Gasteiger partial charge in [0.2, 0.25) is 5.95 Å². The molecular formula is C23H19ClN4O3. The van der Waals surface area contributed by atoms with Crippen LogP contribution in [0, 0.1) is 0 Å². The van der Waals surface area contributed by atoms with E-state index >= 15 is 0 Å². The fourth-order valence-electron chi connectivity index (χ4n) is 3.30. The normalized spacial score (nSPS) is 11.8. The van der Waals surface area contributed by atoms with Crippen molar-refractivity contribution in [3.63, 3.8) is 0 Å². The van der Waals surface area contributed by atoms with Crippen molar-refractivity contribution < 1.29 is 14.6 Å². The molecule has 4 aromatic rings. The van der Waals surface area contributed by atoms with Crippen molar-refractivity contribution in [2.45, 2.75) is 13.0 Å². The maximum absolute atomic E-state index is 12.0. The maximum Gasteiger partial charge on any atom is 0.338 e. The number of nitrogens with zero attached hydrogens (tertiary/aromatic N) is 3. The first-order valence-corrected chi connectivity index (χ1v) is 10.0. The van der Waals surface area contributed by atoms with Crippen molar-refractivity contribution in [3.05, 3.63) is 88.8 Å². The third-order valence-electron chi connectivity index (χ3n) is 4.75. The number of phenols is 1. The molecule has 1 atom stereocenters. The summed E-state index contributed by atoms with van der Waals surface area (Å²) in [7, 11) is 0. The Morgan fingerprint density at radius 3 is 2.52 bits per heavy atom. The first kappa shape index (κ1) is 20.6. The number of carbonyl (C=O) groups excluding carboxylic acids is 1. The molecule has 2 heterocycles. The average Bonchev–Trinajstić information content (AvgIpc) is 2.81. The highest BCUT2D eigenvalue weighted by Crippen LogP contribution is 2.39. The number of nitrogens with one attached hydrogen (secondary N) is 1. The fraction of sp³-hybridized carbons (Fsp3) is 0.130. The Morgan fingerprint density at radius 2 is 1.81 bits per heavy atom. The number of carbonyl (C=O) groups is 1. The Balaban J connectivity index is 1.81. The van der Waals surface area contributed by atoms with Crippen LogP contribution in [0.5, 0.6) is 5.75 Å². The molecule has 8 heteroatoms. The van der Waals surface area contributed by atoms with Crippen LogP contribution in [0.1, 0.15) is 34.5 Å². The molecule has 31 heavy (non-hydrogen) atoms. The number of fused-ring (bicyclic) bond motifs is 1. The largest absolute Gasteiger partial charge is 0.505 e. The lowest BCUT2D eigenvalue weighted by Gasteiger charge is -2.22. The van der Waals surface area contributed by atoms with Crippen LogP contribution < -0.4 is 5.32 Å². The van der Waals surface area contributed by atoms with E-state index < -0.39 is 12.0 Å². The summed E-state index contributed by atoms with van der Waals surface area (Å²) in [5, 5.41) is 15.4. The lowest BCUT2D eigenvalue weighted by atomic mass is 9.95. The van der Waals surface area contributed by atoms with Gasteiger partial charge in [0, 0.05) is 29.5 Å². The highest BCUT2D eigenvalue weighted by Gasteiger charge is 2.23. The Labute approximate surface area is 183 Å². The third kappa shape index (κ3) is 4.27. The smallest absolute Gasteiger partial charge is 0.338 e. The van der Waals surface area contributed by atoms with E-state index in [-0.39, 0.29) is 5.75 Å². The van der Waals surface area contributed by atoms with E-state index in [1.165, 1.54) is 0 Å². The second-order valence-corrected chi connectivity index (χ2v) is 7.10. The van der Waals surface area contributed by atoms with Gasteiger partial charge < -0.3 is 15.2 Å². The van der Waals surface area contributed by atoms with Crippen LogP contribution in [0.4, 0.5) is 5.95 Å². The molecule has 4 rings (SSSR count). The van der Waals surface area contributed by atoms with E-state index in [0.717, 1.165) is 5.56 Å². The van der Waals surface area contributed by atoms with Crippen molar-refractivity contribution in [1.29, 1.82) is 0 Å². The number of aromatic nitrogens is 3. The summed E-state index contributed by atoms with van der Waals surface area (Å²) in [5.74, 6) is -0.0211. The molecule has 0 aliphatic heterocycles. The van der Waals surface area contributed by atoms with Crippen LogP contribution in [0.25, 0.3) is 10.9 Å². The molecule has 2 N–H and O–H groups in total. The van der Waals surface area contributed by atoms with E-state index in [4.69, 9.17) is 16.3 Å². The van der Waals surface area contributed by atoms with E-state index in [0.29, 0.717) is 39.6 Å². The van der Waals surface area contributed by atoms with Gasteiger partial charge in [-0.3, -0.25) is 4.98 Å². The summed E-state index contributed by atoms with van der Waals surface area (Å²) < 4.78 is 5.05. The van der Waals surface area contributed by atoms with Crippen LogP contribution in [0.3, 0.4) is 0 Å².